The Labute approximate surface area is 108 Å². The van der Waals surface area contributed by atoms with Crippen LogP contribution >= 0.6 is 0 Å². The standard InChI is InChI=1S/C14H8N2O3/c1-6-3-4-8-11(16-6)13(18)12(17)10-7(2)9(5-15)19-14(8)10/h3-4H,1-2H3. The van der Waals surface area contributed by atoms with Gasteiger partial charge in [-0.2, -0.15) is 5.26 Å². The van der Waals surface area contributed by atoms with E-state index in [2.05, 4.69) is 4.98 Å². The maximum atomic E-state index is 12.1. The first-order valence-electron chi connectivity index (χ1n) is 5.65. The molecule has 0 fully saturated rings. The number of furan rings is 1. The summed E-state index contributed by atoms with van der Waals surface area (Å²) in [5, 5.41) is 8.96. The molecule has 92 valence electrons. The number of rotatable bonds is 0. The average molecular weight is 252 g/mol. The minimum Gasteiger partial charge on any atom is -0.444 e. The second kappa shape index (κ2) is 3.62. The van der Waals surface area contributed by atoms with Gasteiger partial charge < -0.3 is 4.42 Å². The van der Waals surface area contributed by atoms with Gasteiger partial charge in [0.1, 0.15) is 17.5 Å². The van der Waals surface area contributed by atoms with Crippen LogP contribution in [0.2, 0.25) is 0 Å². The smallest absolute Gasteiger partial charge is 0.252 e. The molecule has 0 bridgehead atoms. The van der Waals surface area contributed by atoms with Crippen molar-refractivity contribution in [3.05, 3.63) is 40.4 Å². The molecule has 5 nitrogen and oxygen atoms in total. The number of carbonyl (C=O) groups excluding carboxylic acids is 2. The summed E-state index contributed by atoms with van der Waals surface area (Å²) in [4.78, 5) is 28.2. The zero-order chi connectivity index (χ0) is 13.7. The molecule has 2 aromatic heterocycles. The lowest BCUT2D eigenvalue weighted by Crippen LogP contribution is -2.22. The summed E-state index contributed by atoms with van der Waals surface area (Å²) in [5.41, 5.74) is 1.79. The predicted molar refractivity (Wildman–Crippen MR) is 64.8 cm³/mol. The molecule has 0 amide bonds. The minimum absolute atomic E-state index is 0.0552. The molecule has 0 saturated carbocycles. The molecular weight excluding hydrogens is 244 g/mol. The number of hydrogen-bond donors (Lipinski definition) is 0. The fraction of sp³-hybridized carbons (Fsp3) is 0.143. The summed E-state index contributed by atoms with van der Waals surface area (Å²) in [6.07, 6.45) is 0. The fourth-order valence-electron chi connectivity index (χ4n) is 2.22. The van der Waals surface area contributed by atoms with E-state index in [-0.39, 0.29) is 22.8 Å². The van der Waals surface area contributed by atoms with Crippen LogP contribution in [0.3, 0.4) is 0 Å². The van der Waals surface area contributed by atoms with Gasteiger partial charge in [0, 0.05) is 16.8 Å². The maximum Gasteiger partial charge on any atom is 0.252 e. The number of nitriles is 1. The first-order chi connectivity index (χ1) is 9.04. The molecule has 1 aliphatic rings. The van der Waals surface area contributed by atoms with Gasteiger partial charge in [-0.15, -0.1) is 0 Å². The zero-order valence-corrected chi connectivity index (χ0v) is 10.3. The Bertz CT molecular complexity index is 794. The van der Waals surface area contributed by atoms with Crippen molar-refractivity contribution in [2.45, 2.75) is 13.8 Å². The Morgan fingerprint density at radius 2 is 1.95 bits per heavy atom. The van der Waals surface area contributed by atoms with Crippen molar-refractivity contribution in [2.24, 2.45) is 0 Å². The van der Waals surface area contributed by atoms with Crippen molar-refractivity contribution >= 4 is 11.6 Å². The highest BCUT2D eigenvalue weighted by Crippen LogP contribution is 2.37. The Kier molecular flexibility index (Phi) is 2.17. The third kappa shape index (κ3) is 1.37. The van der Waals surface area contributed by atoms with Crippen LogP contribution in [0.15, 0.2) is 16.5 Å². The van der Waals surface area contributed by atoms with Crippen molar-refractivity contribution in [2.75, 3.05) is 0 Å². The molecule has 0 N–H and O–H groups in total. The maximum absolute atomic E-state index is 12.1. The van der Waals surface area contributed by atoms with Gasteiger partial charge >= 0.3 is 0 Å². The number of hydrogen-bond acceptors (Lipinski definition) is 5. The Hall–Kier alpha value is -2.74. The van der Waals surface area contributed by atoms with Gasteiger partial charge in [-0.05, 0) is 26.0 Å². The van der Waals surface area contributed by atoms with Crippen molar-refractivity contribution < 1.29 is 14.0 Å². The second-order valence-corrected chi connectivity index (χ2v) is 4.38. The lowest BCUT2D eigenvalue weighted by Gasteiger charge is -2.12. The first-order valence-corrected chi connectivity index (χ1v) is 5.65. The predicted octanol–water partition coefficient (Wildman–Crippen LogP) is 2.21. The molecule has 2 aromatic rings. The molecule has 2 heterocycles. The zero-order valence-electron chi connectivity index (χ0n) is 10.3. The largest absolute Gasteiger partial charge is 0.444 e. The fourth-order valence-corrected chi connectivity index (χ4v) is 2.22. The highest BCUT2D eigenvalue weighted by Gasteiger charge is 2.37. The van der Waals surface area contributed by atoms with Gasteiger partial charge in [-0.25, -0.2) is 4.98 Å². The van der Waals surface area contributed by atoms with Gasteiger partial charge in [0.15, 0.2) is 0 Å². The normalized spacial score (nSPS) is 12.9. The van der Waals surface area contributed by atoms with Crippen LogP contribution < -0.4 is 0 Å². The van der Waals surface area contributed by atoms with E-state index in [1.807, 2.05) is 6.07 Å². The van der Waals surface area contributed by atoms with Gasteiger partial charge in [-0.3, -0.25) is 9.59 Å². The van der Waals surface area contributed by atoms with Crippen LogP contribution in [0.5, 0.6) is 0 Å². The van der Waals surface area contributed by atoms with Crippen LogP contribution in [0.25, 0.3) is 11.3 Å². The number of carbonyl (C=O) groups is 2. The lowest BCUT2D eigenvalue weighted by atomic mass is 9.90. The number of ketones is 2. The molecular formula is C14H8N2O3. The van der Waals surface area contributed by atoms with Crippen molar-refractivity contribution in [1.29, 1.82) is 5.26 Å². The van der Waals surface area contributed by atoms with E-state index in [0.717, 1.165) is 0 Å². The number of aromatic nitrogens is 1. The Balaban J connectivity index is 2.42. The van der Waals surface area contributed by atoms with Crippen LogP contribution in [0, 0.1) is 25.2 Å². The molecule has 19 heavy (non-hydrogen) atoms. The third-order valence-corrected chi connectivity index (χ3v) is 3.18. The van der Waals surface area contributed by atoms with Gasteiger partial charge in [-0.1, -0.05) is 0 Å². The summed E-state index contributed by atoms with van der Waals surface area (Å²) in [7, 11) is 0. The van der Waals surface area contributed by atoms with E-state index >= 15 is 0 Å². The highest BCUT2D eigenvalue weighted by atomic mass is 16.3. The van der Waals surface area contributed by atoms with Crippen LogP contribution in [0.4, 0.5) is 0 Å². The number of aryl methyl sites for hydroxylation is 1. The summed E-state index contributed by atoms with van der Waals surface area (Å²) in [6.45, 7) is 3.33. The number of pyridine rings is 1. The third-order valence-electron chi connectivity index (χ3n) is 3.18. The van der Waals surface area contributed by atoms with Gasteiger partial charge in [0.2, 0.25) is 11.5 Å². The van der Waals surface area contributed by atoms with E-state index in [9.17, 15) is 9.59 Å². The highest BCUT2D eigenvalue weighted by molar-refractivity contribution is 6.52. The second-order valence-electron chi connectivity index (χ2n) is 4.38. The first kappa shape index (κ1) is 11.4. The summed E-state index contributed by atoms with van der Waals surface area (Å²) in [5.74, 6) is -0.997. The minimum atomic E-state index is -0.664. The molecule has 0 radical (unpaired) electrons. The average Bonchev–Trinajstić information content (AvgIpc) is 2.73. The molecule has 3 rings (SSSR count). The monoisotopic (exact) mass is 252 g/mol. The number of fused-ring (bicyclic) bond motifs is 3. The van der Waals surface area contributed by atoms with E-state index in [4.69, 9.17) is 9.68 Å². The quantitative estimate of drug-likeness (QED) is 0.671. The molecule has 0 unspecified atom stereocenters. The van der Waals surface area contributed by atoms with Crippen molar-refractivity contribution in [1.82, 2.24) is 4.98 Å². The molecule has 0 aliphatic heterocycles. The van der Waals surface area contributed by atoms with Gasteiger partial charge in [0.25, 0.3) is 5.78 Å². The molecule has 0 saturated heterocycles. The van der Waals surface area contributed by atoms with Crippen LogP contribution in [-0.2, 0) is 0 Å². The summed E-state index contributed by atoms with van der Waals surface area (Å²) in [6, 6.07) is 5.30. The molecule has 0 aromatic carbocycles. The van der Waals surface area contributed by atoms with Crippen molar-refractivity contribution in [3.63, 3.8) is 0 Å². The Morgan fingerprint density at radius 3 is 2.63 bits per heavy atom. The van der Waals surface area contributed by atoms with E-state index < -0.39 is 11.6 Å². The van der Waals surface area contributed by atoms with E-state index in [1.54, 1.807) is 26.0 Å². The molecule has 1 aliphatic carbocycles. The van der Waals surface area contributed by atoms with Crippen molar-refractivity contribution in [3.8, 4) is 17.4 Å². The van der Waals surface area contributed by atoms with Gasteiger partial charge in [0.05, 0.1) is 5.56 Å². The molecule has 0 atom stereocenters. The number of Topliss-reactive ketones (excluding diaryl/α,β-unsaturated/α-hetero) is 2. The van der Waals surface area contributed by atoms with E-state index in [1.165, 1.54) is 0 Å². The SMILES string of the molecule is Cc1ccc2c(n1)C(=O)C(=O)c1c-2oc(C#N)c1C. The summed E-state index contributed by atoms with van der Waals surface area (Å²) < 4.78 is 5.40. The molecule has 0 spiro atoms. The number of nitrogens with zero attached hydrogens (tertiary/aromatic N) is 2. The van der Waals surface area contributed by atoms with E-state index in [0.29, 0.717) is 16.8 Å². The van der Waals surface area contributed by atoms with Crippen LogP contribution in [0.1, 0.15) is 37.9 Å². The lowest BCUT2D eigenvalue weighted by molar-refractivity contribution is 0.0811. The van der Waals surface area contributed by atoms with Crippen LogP contribution in [-0.4, -0.2) is 16.6 Å². The topological polar surface area (TPSA) is 84.0 Å². The summed E-state index contributed by atoms with van der Waals surface area (Å²) >= 11 is 0. The molecule has 5 heteroatoms. The Morgan fingerprint density at radius 1 is 1.21 bits per heavy atom.